The number of carboxylic acids is 1. The number of carbonyl (C=O) groups is 14. The number of aromatic amines is 1. The molecule has 3 aliphatic heterocycles. The molecule has 109 heavy (non-hydrogen) atoms. The van der Waals surface area contributed by atoms with Crippen molar-refractivity contribution in [2.45, 2.75) is 208 Å². The lowest BCUT2D eigenvalue weighted by molar-refractivity contribution is -0.460. The van der Waals surface area contributed by atoms with Crippen molar-refractivity contribution < 1.29 is 98.8 Å². The van der Waals surface area contributed by atoms with Crippen molar-refractivity contribution in [3.8, 4) is 0 Å². The lowest BCUT2D eigenvalue weighted by Crippen LogP contribution is -2.78. The molecular formula is C69H114N23O16S+3. The van der Waals surface area contributed by atoms with Crippen molar-refractivity contribution in [2.24, 2.45) is 34.6 Å². The lowest BCUT2D eigenvalue weighted by Gasteiger charge is -2.31. The Labute approximate surface area is 636 Å². The normalized spacial score (nSPS) is 17.8. The number of aliphatic carboxylic acids is 1. The molecule has 29 N–H and O–H groups in total. The number of hydrogen-bond acceptors (Lipinski definition) is 18. The van der Waals surface area contributed by atoms with Gasteiger partial charge in [0, 0.05) is 50.8 Å². The minimum Gasteiger partial charge on any atom is -0.548 e. The summed E-state index contributed by atoms with van der Waals surface area (Å²) in [7, 11) is 0. The molecule has 12 atom stereocenters. The molecule has 0 saturated carbocycles. The fourth-order valence-corrected chi connectivity index (χ4v) is 13.5. The van der Waals surface area contributed by atoms with Crippen molar-refractivity contribution in [1.82, 2.24) is 72.5 Å². The zero-order chi connectivity index (χ0) is 80.3. The smallest absolute Gasteiger partial charge is 0.338 e. The highest BCUT2D eigenvalue weighted by Gasteiger charge is 2.43. The highest BCUT2D eigenvalue weighted by Crippen LogP contribution is 2.24. The highest BCUT2D eigenvalue weighted by atomic mass is 32.2. The largest absolute Gasteiger partial charge is 0.548 e. The summed E-state index contributed by atoms with van der Waals surface area (Å²) in [6, 6.07) is -6.61. The Morgan fingerprint density at radius 1 is 0.587 bits per heavy atom. The molecule has 3 fully saturated rings. The number of quaternary nitrogens is 2. The fraction of sp³-hybridized carbons (Fsp3) is 0.638. The van der Waals surface area contributed by atoms with E-state index < -0.39 is 168 Å². The number of hydrogen-bond donors (Lipinski definition) is 20. The average Bonchev–Trinajstić information content (AvgIpc) is 1.76. The predicted octanol–water partition coefficient (Wildman–Crippen LogP) is -12.7. The van der Waals surface area contributed by atoms with Crippen molar-refractivity contribution in [3.63, 3.8) is 0 Å². The van der Waals surface area contributed by atoms with Crippen molar-refractivity contribution >= 4 is 106 Å². The van der Waals surface area contributed by atoms with Crippen molar-refractivity contribution in [1.29, 1.82) is 0 Å². The number of thioether (sulfide) groups is 1. The van der Waals surface area contributed by atoms with E-state index in [1.54, 1.807) is 44.2 Å². The standard InChI is InChI=1S/C69H111N23O16S/c1-39(2)32-47(86-58(98)44(17-9-26-78-68(73)74)83-63(103)52-20-12-29-91(52)65(105)45(18-10-27-79-69(75)76)84-56(96)42(71)22-23-54(72)94)59(99)89-50(37-93)61(101)87-48(34-41-35-77-38-81-41)60(100)82-43(16-7-8-25-70)57(97)80-36-55(95)90-28-11-19-51(90)62(102)85-46(24-31-109-3)66(106)92-30-13-21-53(92)64(104)88-49(67(107)108)33-40-14-5-4-6-15-40/h4-6,14-15,35,38-39,42-53,93H,7-13,16-34,36-37,70-71H2,1-3H3,(H2,72,94)(H,77,81)(H,80,97)(H,82,100)(H,83,103)(H,84,96)(H,85,102)(H,86,98)(H,87,101)(H,88,104)(H,89,99)(H,107,108)(H4,73,74,78)(H4,75,76,79)/p+3/t42-,43-,44-,45-,46-,47-,48-,49-,50-,51-,52-,53-/m0/s1. The average molecular weight is 1550 g/mol. The second-order valence-electron chi connectivity index (χ2n) is 27.8. The maximum atomic E-state index is 14.5. The van der Waals surface area contributed by atoms with Gasteiger partial charge in [-0.3, -0.25) is 95.2 Å². The Bertz CT molecular complexity index is 3460. The number of carbonyl (C=O) groups excluding carboxylic acids is 14. The summed E-state index contributed by atoms with van der Waals surface area (Å²) in [5, 5.41) is 46.7. The number of unbranched alkanes of at least 4 members (excludes halogenated alkanes) is 1. The predicted molar refractivity (Wildman–Crippen MR) is 393 cm³/mol. The zero-order valence-corrected chi connectivity index (χ0v) is 63.2. The lowest BCUT2D eigenvalue weighted by atomic mass is 10.0. The van der Waals surface area contributed by atoms with Crippen molar-refractivity contribution in [3.05, 3.63) is 54.1 Å². The van der Waals surface area contributed by atoms with Gasteiger partial charge < -0.3 is 99.7 Å². The summed E-state index contributed by atoms with van der Waals surface area (Å²) in [4.78, 5) is 210. The number of aliphatic hydroxyl groups excluding tert-OH is 1. The highest BCUT2D eigenvalue weighted by molar-refractivity contribution is 7.98. The molecule has 2 aromatic rings. The van der Waals surface area contributed by atoms with E-state index in [0.717, 1.165) is 0 Å². The number of aliphatic hydroxyl groups is 1. The summed E-state index contributed by atoms with van der Waals surface area (Å²) in [5.74, 6) is -11.3. The first kappa shape index (κ1) is 89.4. The number of H-pyrrole nitrogens is 1. The van der Waals surface area contributed by atoms with Gasteiger partial charge in [0.1, 0.15) is 60.4 Å². The molecule has 0 spiro atoms. The molecule has 0 aliphatic carbocycles. The third-order valence-corrected chi connectivity index (χ3v) is 19.5. The van der Waals surface area contributed by atoms with E-state index in [1.807, 2.05) is 6.26 Å². The molecule has 5 rings (SSSR count). The van der Waals surface area contributed by atoms with Gasteiger partial charge in [-0.2, -0.15) is 11.8 Å². The molecule has 3 aliphatic rings. The molecule has 604 valence electrons. The van der Waals surface area contributed by atoms with Crippen LogP contribution in [0.15, 0.2) is 42.9 Å². The molecule has 40 heteroatoms. The van der Waals surface area contributed by atoms with Gasteiger partial charge in [0.05, 0.1) is 51.1 Å². The Kier molecular flexibility index (Phi) is 37.9. The zero-order valence-electron chi connectivity index (χ0n) is 62.4. The number of likely N-dealkylation sites (tertiary alicyclic amines) is 3. The summed E-state index contributed by atoms with van der Waals surface area (Å²) in [6.07, 6.45) is 7.36. The maximum absolute atomic E-state index is 14.5. The molecule has 0 radical (unpaired) electrons. The van der Waals surface area contributed by atoms with E-state index >= 15 is 0 Å². The first-order valence-electron chi connectivity index (χ1n) is 37.0. The van der Waals surface area contributed by atoms with Crippen LogP contribution in [0.2, 0.25) is 0 Å². The van der Waals surface area contributed by atoms with Crippen LogP contribution in [0.4, 0.5) is 0 Å². The summed E-state index contributed by atoms with van der Waals surface area (Å²) < 4.78 is 0. The molecule has 39 nitrogen and oxygen atoms in total. The van der Waals surface area contributed by atoms with E-state index in [4.69, 9.17) is 28.7 Å². The molecule has 3 saturated heterocycles. The summed E-state index contributed by atoms with van der Waals surface area (Å²) >= 11 is 1.42. The Balaban J connectivity index is 1.27. The van der Waals surface area contributed by atoms with Gasteiger partial charge in [-0.15, -0.1) is 0 Å². The number of nitrogens with one attached hydrogen (secondary N) is 12. The summed E-state index contributed by atoms with van der Waals surface area (Å²) in [5.41, 5.74) is 36.3. The van der Waals surface area contributed by atoms with Crippen molar-refractivity contribution in [2.75, 3.05) is 64.4 Å². The van der Waals surface area contributed by atoms with Gasteiger partial charge in [0.2, 0.25) is 70.9 Å². The van der Waals surface area contributed by atoms with E-state index in [2.05, 4.69) is 79.3 Å². The fourth-order valence-electron chi connectivity index (χ4n) is 13.0. The third kappa shape index (κ3) is 29.7. The van der Waals surface area contributed by atoms with Gasteiger partial charge in [0.15, 0.2) is 6.04 Å². The number of benzene rings is 1. The van der Waals surface area contributed by atoms with Gasteiger partial charge in [0.25, 0.3) is 5.91 Å². The number of imidazole rings is 1. The first-order valence-corrected chi connectivity index (χ1v) is 38.4. The van der Waals surface area contributed by atoms with Crippen LogP contribution in [0, 0.1) is 5.92 Å². The topological polar surface area (TPSA) is 642 Å². The minimum atomic E-state index is -1.77. The second kappa shape index (κ2) is 46.2. The van der Waals surface area contributed by atoms with Crippen LogP contribution in [-0.4, -0.2) is 261 Å². The Hall–Kier alpha value is -10.2. The van der Waals surface area contributed by atoms with Gasteiger partial charge >= 0.3 is 11.9 Å². The second-order valence-corrected chi connectivity index (χ2v) is 28.8. The summed E-state index contributed by atoms with van der Waals surface area (Å²) in [6.45, 7) is 3.06. The van der Waals surface area contributed by atoms with E-state index in [9.17, 15) is 77.3 Å². The number of carboxylic acid groups (broad SMARTS) is 1. The molecule has 1 aromatic heterocycles. The number of rotatable bonds is 47. The van der Waals surface area contributed by atoms with Crippen LogP contribution in [0.1, 0.15) is 134 Å². The molecule has 1 aromatic carbocycles. The maximum Gasteiger partial charge on any atom is 0.338 e. The van der Waals surface area contributed by atoms with Crippen LogP contribution < -0.4 is 103 Å². The van der Waals surface area contributed by atoms with E-state index in [1.165, 1.54) is 39.0 Å². The SMILES string of the molecule is CSCC[C@H](NC(=O)[C@@H]1CCCN1C(=O)CNC(=O)[C@H](CCCC[NH3+])NC(=O)[C@H](Cc1cnc[nH]1)NC(=O)[C@H](CO)NC(=O)[C@H](CC(C)C)NC(=O)[C@H](CCC[NH+]=C(N)N)NC(=O)[C@@H]1CCCN1C(=O)[C@H](CCC[NH+]=C(N)N)NC(=O)[C@@H]([NH3+])CCC(N)=O)C(=O)N1CCC[C@H]1C(=O)N[C@@H](Cc1ccccc1)C(=O)[O-]. The molecular weight excluding hydrogens is 1440 g/mol. The molecule has 13 amide bonds. The van der Waals surface area contributed by atoms with Crippen LogP contribution in [0.25, 0.3) is 0 Å². The van der Waals surface area contributed by atoms with Crippen LogP contribution >= 0.6 is 11.8 Å². The van der Waals surface area contributed by atoms with Gasteiger partial charge in [-0.25, -0.2) is 4.98 Å². The Morgan fingerprint density at radius 3 is 1.60 bits per heavy atom. The number of aromatic nitrogens is 2. The number of nitrogens with two attached hydrogens (primary N) is 5. The number of primary amides is 1. The Morgan fingerprint density at radius 2 is 1.06 bits per heavy atom. The molecule has 4 heterocycles. The third-order valence-electron chi connectivity index (χ3n) is 18.8. The van der Waals surface area contributed by atoms with Crippen LogP contribution in [0.5, 0.6) is 0 Å². The number of amides is 13. The minimum absolute atomic E-state index is 0.00643. The van der Waals surface area contributed by atoms with Gasteiger partial charge in [-0.1, -0.05) is 44.2 Å². The monoisotopic (exact) mass is 1550 g/mol. The van der Waals surface area contributed by atoms with E-state index in [-0.39, 0.29) is 140 Å². The van der Waals surface area contributed by atoms with Crippen LogP contribution in [-0.2, 0) is 80.0 Å². The number of guanidine groups is 2. The quantitative estimate of drug-likeness (QED) is 0.0166. The van der Waals surface area contributed by atoms with Gasteiger partial charge in [-0.05, 0) is 126 Å². The molecule has 0 unspecified atom stereocenters. The van der Waals surface area contributed by atoms with E-state index in [0.29, 0.717) is 55.7 Å². The number of nitrogens with zero attached hydrogens (tertiary/aromatic N) is 4. The molecule has 0 bridgehead atoms. The van der Waals surface area contributed by atoms with Crippen LogP contribution in [0.3, 0.4) is 0 Å². The first-order chi connectivity index (χ1) is 52.0.